The number of nitrogens with one attached hydrogen (secondary N) is 1. The number of hydrogen-bond donors (Lipinski definition) is 1. The second-order valence-corrected chi connectivity index (χ2v) is 6.49. The van der Waals surface area contributed by atoms with Crippen molar-refractivity contribution in [3.8, 4) is 0 Å². The van der Waals surface area contributed by atoms with E-state index >= 15 is 0 Å². The summed E-state index contributed by atoms with van der Waals surface area (Å²) < 4.78 is 44.2. The van der Waals surface area contributed by atoms with E-state index in [0.717, 1.165) is 18.9 Å². The summed E-state index contributed by atoms with van der Waals surface area (Å²) in [5.74, 6) is 0. The minimum atomic E-state index is -4.36. The first kappa shape index (κ1) is 15.6. The quantitative estimate of drug-likeness (QED) is 0.823. The second kappa shape index (κ2) is 5.56. The van der Waals surface area contributed by atoms with Gasteiger partial charge in [0.05, 0.1) is 11.2 Å². The third kappa shape index (κ3) is 3.88. The molecule has 0 bridgehead atoms. The first-order chi connectivity index (χ1) is 9.17. The van der Waals surface area contributed by atoms with E-state index in [1.54, 1.807) is 6.07 Å². The van der Waals surface area contributed by atoms with E-state index in [1.165, 1.54) is 6.07 Å². The fraction of sp³-hybridized carbons (Fsp3) is 0.571. The van der Waals surface area contributed by atoms with Crippen LogP contribution in [0.25, 0.3) is 0 Å². The maximum Gasteiger partial charge on any atom is 0.417 e. The molecule has 1 heterocycles. The average molecular weight is 352 g/mol. The minimum Gasteiger partial charge on any atom is -0.382 e. The van der Waals surface area contributed by atoms with E-state index in [0.29, 0.717) is 12.3 Å². The fourth-order valence-electron chi connectivity index (χ4n) is 2.42. The highest BCUT2D eigenvalue weighted by atomic mass is 79.9. The molecule has 2 rings (SSSR count). The Morgan fingerprint density at radius 3 is 2.65 bits per heavy atom. The monoisotopic (exact) mass is 351 g/mol. The van der Waals surface area contributed by atoms with E-state index in [9.17, 15) is 13.2 Å². The first-order valence-electron chi connectivity index (χ1n) is 6.45. The van der Waals surface area contributed by atoms with Gasteiger partial charge in [-0.1, -0.05) is 15.9 Å². The van der Waals surface area contributed by atoms with E-state index in [2.05, 4.69) is 21.2 Å². The van der Waals surface area contributed by atoms with Crippen molar-refractivity contribution in [3.63, 3.8) is 0 Å². The van der Waals surface area contributed by atoms with Crippen LogP contribution < -0.4 is 5.32 Å². The van der Waals surface area contributed by atoms with Crippen molar-refractivity contribution in [3.05, 3.63) is 28.2 Å². The Bertz CT molecular complexity index is 488. The Labute approximate surface area is 124 Å². The SMILES string of the molecule is CC1(C)CC(Nc2ccc(Br)c(C(F)(F)F)c2)CCO1. The summed E-state index contributed by atoms with van der Waals surface area (Å²) in [4.78, 5) is 0. The molecule has 2 nitrogen and oxygen atoms in total. The van der Waals surface area contributed by atoms with Crippen molar-refractivity contribution in [2.24, 2.45) is 0 Å². The van der Waals surface area contributed by atoms with E-state index in [-0.39, 0.29) is 16.1 Å². The van der Waals surface area contributed by atoms with Crippen LogP contribution in [-0.4, -0.2) is 18.2 Å². The van der Waals surface area contributed by atoms with Gasteiger partial charge < -0.3 is 10.1 Å². The number of anilines is 1. The van der Waals surface area contributed by atoms with Crippen molar-refractivity contribution in [2.45, 2.75) is 44.5 Å². The van der Waals surface area contributed by atoms with Gasteiger partial charge in [-0.05, 0) is 44.9 Å². The van der Waals surface area contributed by atoms with Crippen LogP contribution in [0.1, 0.15) is 32.3 Å². The predicted molar refractivity (Wildman–Crippen MR) is 75.8 cm³/mol. The molecule has 1 aromatic carbocycles. The summed E-state index contributed by atoms with van der Waals surface area (Å²) in [5.41, 5.74) is -0.407. The van der Waals surface area contributed by atoms with Crippen LogP contribution in [0.5, 0.6) is 0 Å². The zero-order valence-corrected chi connectivity index (χ0v) is 12.9. The summed E-state index contributed by atoms with van der Waals surface area (Å²) in [5, 5.41) is 3.18. The second-order valence-electron chi connectivity index (χ2n) is 5.63. The summed E-state index contributed by atoms with van der Waals surface area (Å²) in [6.45, 7) is 4.60. The maximum absolute atomic E-state index is 12.9. The molecule has 1 N–H and O–H groups in total. The van der Waals surface area contributed by atoms with E-state index < -0.39 is 11.7 Å². The largest absolute Gasteiger partial charge is 0.417 e. The van der Waals surface area contributed by atoms with E-state index in [1.807, 2.05) is 13.8 Å². The average Bonchev–Trinajstić information content (AvgIpc) is 2.29. The molecule has 0 aliphatic carbocycles. The van der Waals surface area contributed by atoms with Gasteiger partial charge in [-0.25, -0.2) is 0 Å². The third-order valence-electron chi connectivity index (χ3n) is 3.34. The Morgan fingerprint density at radius 2 is 2.05 bits per heavy atom. The van der Waals surface area contributed by atoms with Gasteiger partial charge in [-0.3, -0.25) is 0 Å². The predicted octanol–water partition coefficient (Wildman–Crippen LogP) is 4.84. The maximum atomic E-state index is 12.9. The molecule has 0 saturated carbocycles. The van der Waals surface area contributed by atoms with Crippen LogP contribution in [0.15, 0.2) is 22.7 Å². The van der Waals surface area contributed by atoms with Gasteiger partial charge in [-0.2, -0.15) is 13.2 Å². The van der Waals surface area contributed by atoms with Gasteiger partial charge in [0.1, 0.15) is 0 Å². The molecule has 1 aromatic rings. The van der Waals surface area contributed by atoms with Gasteiger partial charge in [0.25, 0.3) is 0 Å². The minimum absolute atomic E-state index is 0.0582. The molecule has 112 valence electrons. The zero-order valence-electron chi connectivity index (χ0n) is 11.4. The van der Waals surface area contributed by atoms with Crippen LogP contribution in [0.2, 0.25) is 0 Å². The number of alkyl halides is 3. The molecule has 1 saturated heterocycles. The molecule has 1 unspecified atom stereocenters. The standard InChI is InChI=1S/C14H17BrF3NO/c1-13(2)8-10(5-6-20-13)19-9-3-4-12(15)11(7-9)14(16,17)18/h3-4,7,10,19H,5-6,8H2,1-2H3. The van der Waals surface area contributed by atoms with E-state index in [4.69, 9.17) is 4.74 Å². The lowest BCUT2D eigenvalue weighted by molar-refractivity contribution is -0.138. The van der Waals surface area contributed by atoms with Crippen molar-refractivity contribution in [1.82, 2.24) is 0 Å². The van der Waals surface area contributed by atoms with Crippen LogP contribution >= 0.6 is 15.9 Å². The summed E-state index contributed by atoms with van der Waals surface area (Å²) in [6.07, 6.45) is -2.79. The smallest absolute Gasteiger partial charge is 0.382 e. The number of hydrogen-bond acceptors (Lipinski definition) is 2. The zero-order chi connectivity index (χ0) is 15.0. The molecule has 0 amide bonds. The summed E-state index contributed by atoms with van der Waals surface area (Å²) >= 11 is 2.94. The fourth-order valence-corrected chi connectivity index (χ4v) is 2.89. The van der Waals surface area contributed by atoms with Gasteiger partial charge in [-0.15, -0.1) is 0 Å². The van der Waals surface area contributed by atoms with Gasteiger partial charge >= 0.3 is 6.18 Å². The number of ether oxygens (including phenoxy) is 1. The lowest BCUT2D eigenvalue weighted by Gasteiger charge is -2.36. The van der Waals surface area contributed by atoms with Crippen LogP contribution in [0.4, 0.5) is 18.9 Å². The van der Waals surface area contributed by atoms with Crippen molar-refractivity contribution >= 4 is 21.6 Å². The molecular weight excluding hydrogens is 335 g/mol. The van der Waals surface area contributed by atoms with Crippen LogP contribution in [-0.2, 0) is 10.9 Å². The van der Waals surface area contributed by atoms with Gasteiger partial charge in [0.2, 0.25) is 0 Å². The normalized spacial score (nSPS) is 22.6. The Kier molecular flexibility index (Phi) is 4.35. The number of benzene rings is 1. The molecule has 1 aliphatic rings. The Hall–Kier alpha value is -0.750. The highest BCUT2D eigenvalue weighted by Gasteiger charge is 2.34. The highest BCUT2D eigenvalue weighted by molar-refractivity contribution is 9.10. The topological polar surface area (TPSA) is 21.3 Å². The number of rotatable bonds is 2. The molecule has 1 atom stereocenters. The molecule has 20 heavy (non-hydrogen) atoms. The van der Waals surface area contributed by atoms with Crippen LogP contribution in [0.3, 0.4) is 0 Å². The third-order valence-corrected chi connectivity index (χ3v) is 4.03. The lowest BCUT2D eigenvalue weighted by atomic mass is 9.94. The molecule has 1 fully saturated rings. The Balaban J connectivity index is 2.14. The lowest BCUT2D eigenvalue weighted by Crippen LogP contribution is -2.40. The molecule has 6 heteroatoms. The summed E-state index contributed by atoms with van der Waals surface area (Å²) in [6, 6.07) is 4.35. The van der Waals surface area contributed by atoms with Crippen molar-refractivity contribution < 1.29 is 17.9 Å². The van der Waals surface area contributed by atoms with Crippen molar-refractivity contribution in [1.29, 1.82) is 0 Å². The number of halogens is 4. The highest BCUT2D eigenvalue weighted by Crippen LogP contribution is 2.37. The molecule has 0 aromatic heterocycles. The molecular formula is C14H17BrF3NO. The molecule has 1 aliphatic heterocycles. The van der Waals surface area contributed by atoms with Gasteiger partial charge in [0.15, 0.2) is 0 Å². The summed E-state index contributed by atoms with van der Waals surface area (Å²) in [7, 11) is 0. The molecule has 0 radical (unpaired) electrons. The Morgan fingerprint density at radius 1 is 1.35 bits per heavy atom. The first-order valence-corrected chi connectivity index (χ1v) is 7.24. The van der Waals surface area contributed by atoms with Crippen molar-refractivity contribution in [2.75, 3.05) is 11.9 Å². The molecule has 0 spiro atoms. The van der Waals surface area contributed by atoms with Crippen LogP contribution in [0, 0.1) is 0 Å². The van der Waals surface area contributed by atoms with Gasteiger partial charge in [0, 0.05) is 22.8 Å².